The van der Waals surface area contributed by atoms with Gasteiger partial charge in [0.05, 0.1) is 12.1 Å². The molecule has 2 aromatic carbocycles. The highest BCUT2D eigenvalue weighted by Crippen LogP contribution is 2.37. The topological polar surface area (TPSA) is 71.3 Å². The van der Waals surface area contributed by atoms with Crippen molar-refractivity contribution in [2.45, 2.75) is 6.92 Å². The molecule has 0 bridgehead atoms. The molecule has 0 fully saturated rings. The van der Waals surface area contributed by atoms with E-state index in [4.69, 9.17) is 21.1 Å². The van der Waals surface area contributed by atoms with Crippen LogP contribution < -0.4 is 14.8 Å². The van der Waals surface area contributed by atoms with Gasteiger partial charge in [0, 0.05) is 5.69 Å². The van der Waals surface area contributed by atoms with Crippen molar-refractivity contribution in [2.24, 2.45) is 0 Å². The number of aryl methyl sites for hydroxylation is 1. The summed E-state index contributed by atoms with van der Waals surface area (Å²) in [5.74, 6) is 0.258. The number of nitrogens with zero attached hydrogens (tertiary/aromatic N) is 1. The fourth-order valence-electron chi connectivity index (χ4n) is 2.26. The molecule has 0 unspecified atom stereocenters. The van der Waals surface area contributed by atoms with Crippen molar-refractivity contribution in [2.75, 3.05) is 19.0 Å². The molecule has 0 saturated carbocycles. The minimum absolute atomic E-state index is 0.0616. The van der Waals surface area contributed by atoms with Gasteiger partial charge in [-0.25, -0.2) is 0 Å². The zero-order valence-electron chi connectivity index (χ0n) is 15.1. The van der Waals surface area contributed by atoms with Gasteiger partial charge in [0.15, 0.2) is 11.5 Å². The summed E-state index contributed by atoms with van der Waals surface area (Å²) in [6, 6.07) is 12.4. The molecule has 0 atom stereocenters. The van der Waals surface area contributed by atoms with Gasteiger partial charge in [0.25, 0.3) is 5.91 Å². The highest BCUT2D eigenvalue weighted by molar-refractivity contribution is 6.32. The first-order chi connectivity index (χ1) is 13.0. The molecule has 0 radical (unpaired) electrons. The van der Waals surface area contributed by atoms with E-state index < -0.39 is 5.91 Å². The average Bonchev–Trinajstić information content (AvgIpc) is 2.66. The Kier molecular flexibility index (Phi) is 7.04. The second-order valence-electron chi connectivity index (χ2n) is 5.62. The van der Waals surface area contributed by atoms with Crippen LogP contribution in [0.1, 0.15) is 11.1 Å². The van der Waals surface area contributed by atoms with Crippen molar-refractivity contribution >= 4 is 29.3 Å². The summed E-state index contributed by atoms with van der Waals surface area (Å²) in [6.45, 7) is 5.81. The van der Waals surface area contributed by atoms with Crippen LogP contribution >= 0.6 is 11.6 Å². The van der Waals surface area contributed by atoms with Gasteiger partial charge in [-0.1, -0.05) is 42.0 Å². The molecule has 2 aromatic rings. The number of rotatable bonds is 7. The summed E-state index contributed by atoms with van der Waals surface area (Å²) in [6.07, 6.45) is 3.03. The molecule has 0 aliphatic rings. The fraction of sp³-hybridized carbons (Fsp3) is 0.143. The zero-order chi connectivity index (χ0) is 19.8. The van der Waals surface area contributed by atoms with Gasteiger partial charge in [-0.3, -0.25) is 4.79 Å². The van der Waals surface area contributed by atoms with Gasteiger partial charge in [-0.2, -0.15) is 5.26 Å². The number of benzene rings is 2. The number of hydrogen-bond acceptors (Lipinski definition) is 4. The van der Waals surface area contributed by atoms with E-state index in [-0.39, 0.29) is 12.2 Å². The molecular formula is C21H19ClN2O3. The highest BCUT2D eigenvalue weighted by atomic mass is 35.5. The number of nitriles is 1. The third-order valence-electron chi connectivity index (χ3n) is 3.58. The summed E-state index contributed by atoms with van der Waals surface area (Å²) in [7, 11) is 1.48. The minimum atomic E-state index is -0.511. The Morgan fingerprint density at radius 3 is 2.63 bits per heavy atom. The Morgan fingerprint density at radius 2 is 2.04 bits per heavy atom. The summed E-state index contributed by atoms with van der Waals surface area (Å²) < 4.78 is 10.8. The van der Waals surface area contributed by atoms with Crippen LogP contribution in [0.4, 0.5) is 5.69 Å². The predicted molar refractivity (Wildman–Crippen MR) is 107 cm³/mol. The smallest absolute Gasteiger partial charge is 0.266 e. The molecule has 6 heteroatoms. The Labute approximate surface area is 163 Å². The summed E-state index contributed by atoms with van der Waals surface area (Å²) in [5.41, 5.74) is 2.16. The molecule has 2 rings (SSSR count). The van der Waals surface area contributed by atoms with Crippen LogP contribution in [0.25, 0.3) is 6.08 Å². The van der Waals surface area contributed by atoms with Gasteiger partial charge in [0.1, 0.15) is 18.2 Å². The van der Waals surface area contributed by atoms with E-state index in [9.17, 15) is 10.1 Å². The molecule has 0 heterocycles. The number of methoxy groups -OCH3 is 1. The van der Waals surface area contributed by atoms with Crippen LogP contribution in [0.2, 0.25) is 5.02 Å². The number of carbonyl (C=O) groups excluding carboxylic acids is 1. The molecule has 1 amide bonds. The molecule has 0 aliphatic heterocycles. The standard InChI is InChI=1S/C21H19ClN2O3/c1-4-9-27-20-18(22)11-15(12-19(20)26-3)10-16(13-23)21(25)24-17-7-5-14(2)6-8-17/h4-8,10-12H,1,9H2,2-3H3,(H,24,25). The molecule has 27 heavy (non-hydrogen) atoms. The van der Waals surface area contributed by atoms with E-state index in [0.717, 1.165) is 5.56 Å². The average molecular weight is 383 g/mol. The lowest BCUT2D eigenvalue weighted by Gasteiger charge is -2.12. The summed E-state index contributed by atoms with van der Waals surface area (Å²) in [5, 5.41) is 12.4. The van der Waals surface area contributed by atoms with Crippen LogP contribution in [-0.4, -0.2) is 19.6 Å². The first kappa shape index (κ1) is 20.1. The number of amides is 1. The second-order valence-corrected chi connectivity index (χ2v) is 6.03. The van der Waals surface area contributed by atoms with Crippen LogP contribution in [0, 0.1) is 18.3 Å². The number of hydrogen-bond donors (Lipinski definition) is 1. The van der Waals surface area contributed by atoms with E-state index in [1.165, 1.54) is 13.2 Å². The Balaban J connectivity index is 2.29. The molecule has 1 N–H and O–H groups in total. The first-order valence-corrected chi connectivity index (χ1v) is 8.47. The van der Waals surface area contributed by atoms with E-state index in [2.05, 4.69) is 11.9 Å². The predicted octanol–water partition coefficient (Wildman–Crippen LogP) is 4.77. The van der Waals surface area contributed by atoms with Gasteiger partial charge < -0.3 is 14.8 Å². The third kappa shape index (κ3) is 5.37. The maximum Gasteiger partial charge on any atom is 0.266 e. The molecule has 0 aromatic heterocycles. The van der Waals surface area contributed by atoms with Gasteiger partial charge in [-0.05, 0) is 42.8 Å². The fourth-order valence-corrected chi connectivity index (χ4v) is 2.53. The molecule has 0 saturated heterocycles. The lowest BCUT2D eigenvalue weighted by molar-refractivity contribution is -0.112. The number of carbonyl (C=O) groups is 1. The SMILES string of the molecule is C=CCOc1c(Cl)cc(C=C(C#N)C(=O)Nc2ccc(C)cc2)cc1OC. The number of nitrogens with one attached hydrogen (secondary N) is 1. The normalized spacial score (nSPS) is 10.7. The van der Waals surface area contributed by atoms with Crippen molar-refractivity contribution in [1.29, 1.82) is 5.26 Å². The van der Waals surface area contributed by atoms with Crippen LogP contribution in [0.3, 0.4) is 0 Å². The molecule has 0 aliphatic carbocycles. The summed E-state index contributed by atoms with van der Waals surface area (Å²) >= 11 is 6.25. The number of ether oxygens (including phenoxy) is 2. The maximum absolute atomic E-state index is 12.4. The highest BCUT2D eigenvalue weighted by Gasteiger charge is 2.14. The third-order valence-corrected chi connectivity index (χ3v) is 3.86. The van der Waals surface area contributed by atoms with Gasteiger partial charge in [-0.15, -0.1) is 0 Å². The lowest BCUT2D eigenvalue weighted by atomic mass is 10.1. The van der Waals surface area contributed by atoms with E-state index in [1.807, 2.05) is 25.1 Å². The first-order valence-electron chi connectivity index (χ1n) is 8.09. The van der Waals surface area contributed by atoms with Crippen molar-refractivity contribution in [1.82, 2.24) is 0 Å². The maximum atomic E-state index is 12.4. The second kappa shape index (κ2) is 9.46. The van der Waals surface area contributed by atoms with Gasteiger partial charge in [0.2, 0.25) is 0 Å². The van der Waals surface area contributed by atoms with Crippen LogP contribution in [0.5, 0.6) is 11.5 Å². The monoisotopic (exact) mass is 382 g/mol. The van der Waals surface area contributed by atoms with Gasteiger partial charge >= 0.3 is 0 Å². The van der Waals surface area contributed by atoms with Crippen molar-refractivity contribution in [3.05, 3.63) is 70.8 Å². The van der Waals surface area contributed by atoms with Crippen molar-refractivity contribution in [3.8, 4) is 17.6 Å². The molecule has 138 valence electrons. The van der Waals surface area contributed by atoms with Crippen molar-refractivity contribution < 1.29 is 14.3 Å². The largest absolute Gasteiger partial charge is 0.493 e. The quantitative estimate of drug-likeness (QED) is 0.425. The number of halogens is 1. The Bertz CT molecular complexity index is 912. The molecule has 0 spiro atoms. The zero-order valence-corrected chi connectivity index (χ0v) is 15.8. The number of anilines is 1. The Hall–Kier alpha value is -3.23. The summed E-state index contributed by atoms with van der Waals surface area (Å²) in [4.78, 5) is 12.4. The van der Waals surface area contributed by atoms with E-state index in [0.29, 0.717) is 27.8 Å². The molecule has 5 nitrogen and oxygen atoms in total. The Morgan fingerprint density at radius 1 is 1.33 bits per heavy atom. The molecular weight excluding hydrogens is 364 g/mol. The van der Waals surface area contributed by atoms with E-state index >= 15 is 0 Å². The van der Waals surface area contributed by atoms with E-state index in [1.54, 1.807) is 30.3 Å². The van der Waals surface area contributed by atoms with Crippen LogP contribution in [-0.2, 0) is 4.79 Å². The minimum Gasteiger partial charge on any atom is -0.493 e. The van der Waals surface area contributed by atoms with Crippen LogP contribution in [0.15, 0.2) is 54.6 Å². The lowest BCUT2D eigenvalue weighted by Crippen LogP contribution is -2.13. The van der Waals surface area contributed by atoms with Crippen molar-refractivity contribution in [3.63, 3.8) is 0 Å².